The first kappa shape index (κ1) is 16.6. The van der Waals surface area contributed by atoms with Crippen molar-refractivity contribution in [3.8, 4) is 11.3 Å². The number of benzene rings is 1. The van der Waals surface area contributed by atoms with E-state index in [0.717, 1.165) is 43.0 Å². The van der Waals surface area contributed by atoms with Crippen molar-refractivity contribution < 1.29 is 0 Å². The minimum atomic E-state index is 0.0495. The zero-order valence-corrected chi connectivity index (χ0v) is 15.0. The number of rotatable bonds is 3. The normalized spacial score (nSPS) is 21.0. The van der Waals surface area contributed by atoms with Gasteiger partial charge in [-0.25, -0.2) is 0 Å². The minimum absolute atomic E-state index is 0.0495. The van der Waals surface area contributed by atoms with Gasteiger partial charge in [0.25, 0.3) is 5.56 Å². The van der Waals surface area contributed by atoms with Crippen LogP contribution in [0.15, 0.2) is 47.3 Å². The summed E-state index contributed by atoms with van der Waals surface area (Å²) in [7, 11) is 2.22. The van der Waals surface area contributed by atoms with E-state index in [1.54, 1.807) is 0 Å². The van der Waals surface area contributed by atoms with Crippen molar-refractivity contribution in [1.82, 2.24) is 14.8 Å². The van der Waals surface area contributed by atoms with E-state index in [1.807, 2.05) is 42.5 Å². The molecular weight excluding hydrogens is 310 g/mol. The molecule has 0 atom stereocenters. The van der Waals surface area contributed by atoms with Crippen LogP contribution in [0.2, 0.25) is 0 Å². The Morgan fingerprint density at radius 1 is 1.04 bits per heavy atom. The Morgan fingerprint density at radius 2 is 1.80 bits per heavy atom. The van der Waals surface area contributed by atoms with Crippen LogP contribution in [0.3, 0.4) is 0 Å². The van der Waals surface area contributed by atoms with E-state index in [4.69, 9.17) is 0 Å². The molecule has 4 rings (SSSR count). The lowest BCUT2D eigenvalue weighted by atomic mass is 9.91. The Morgan fingerprint density at radius 3 is 2.52 bits per heavy atom. The third kappa shape index (κ3) is 3.29. The van der Waals surface area contributed by atoms with Crippen molar-refractivity contribution in [3.05, 3.63) is 58.4 Å². The molecule has 2 fully saturated rings. The standard InChI is InChI=1S/C21H27N3O/c1-23-13-14-24(21(16-23)11-5-6-12-21)15-18-9-10-19(22-20(18)25)17-7-3-2-4-8-17/h2-4,7-10H,5-6,11-16H2,1H3,(H,22,25). The molecule has 2 heterocycles. The van der Waals surface area contributed by atoms with Gasteiger partial charge in [0.15, 0.2) is 0 Å². The first-order valence-corrected chi connectivity index (χ1v) is 9.38. The molecule has 1 aromatic heterocycles. The van der Waals surface area contributed by atoms with Crippen LogP contribution in [0.25, 0.3) is 11.3 Å². The summed E-state index contributed by atoms with van der Waals surface area (Å²) in [5, 5.41) is 0. The van der Waals surface area contributed by atoms with E-state index >= 15 is 0 Å². The van der Waals surface area contributed by atoms with Crippen molar-refractivity contribution in [3.63, 3.8) is 0 Å². The first-order chi connectivity index (χ1) is 12.2. The fourth-order valence-electron chi connectivity index (χ4n) is 4.58. The van der Waals surface area contributed by atoms with E-state index in [9.17, 15) is 4.79 Å². The Bertz CT molecular complexity index is 777. The maximum Gasteiger partial charge on any atom is 0.252 e. The van der Waals surface area contributed by atoms with Crippen LogP contribution >= 0.6 is 0 Å². The van der Waals surface area contributed by atoms with Gasteiger partial charge in [0.2, 0.25) is 0 Å². The number of aromatic nitrogens is 1. The van der Waals surface area contributed by atoms with E-state index in [0.29, 0.717) is 0 Å². The quantitative estimate of drug-likeness (QED) is 0.935. The average molecular weight is 337 g/mol. The van der Waals surface area contributed by atoms with Gasteiger partial charge in [-0.15, -0.1) is 0 Å². The van der Waals surface area contributed by atoms with Crippen molar-refractivity contribution in [2.24, 2.45) is 0 Å². The third-order valence-corrected chi connectivity index (χ3v) is 5.96. The molecule has 4 nitrogen and oxygen atoms in total. The number of aromatic amines is 1. The molecule has 1 aliphatic heterocycles. The summed E-state index contributed by atoms with van der Waals surface area (Å²) in [4.78, 5) is 20.8. The van der Waals surface area contributed by atoms with Gasteiger partial charge >= 0.3 is 0 Å². The Hall–Kier alpha value is -1.91. The van der Waals surface area contributed by atoms with Crippen LogP contribution in [-0.4, -0.2) is 47.0 Å². The molecule has 1 aromatic carbocycles. The van der Waals surface area contributed by atoms with Gasteiger partial charge in [0.05, 0.1) is 0 Å². The number of nitrogens with zero attached hydrogens (tertiary/aromatic N) is 2. The second-order valence-electron chi connectivity index (χ2n) is 7.68. The summed E-state index contributed by atoms with van der Waals surface area (Å²) >= 11 is 0. The summed E-state index contributed by atoms with van der Waals surface area (Å²) in [5.74, 6) is 0. The Kier molecular flexibility index (Phi) is 4.48. The molecule has 0 bridgehead atoms. The molecule has 1 aliphatic carbocycles. The predicted octanol–water partition coefficient (Wildman–Crippen LogP) is 3.10. The lowest BCUT2D eigenvalue weighted by Gasteiger charge is -2.48. The van der Waals surface area contributed by atoms with Gasteiger partial charge < -0.3 is 9.88 Å². The molecule has 25 heavy (non-hydrogen) atoms. The first-order valence-electron chi connectivity index (χ1n) is 9.38. The van der Waals surface area contributed by atoms with Gasteiger partial charge in [-0.3, -0.25) is 9.69 Å². The van der Waals surface area contributed by atoms with Crippen LogP contribution < -0.4 is 5.56 Å². The van der Waals surface area contributed by atoms with Crippen LogP contribution in [0, 0.1) is 0 Å². The fourth-order valence-corrected chi connectivity index (χ4v) is 4.58. The highest BCUT2D eigenvalue weighted by Crippen LogP contribution is 2.38. The van der Waals surface area contributed by atoms with Crippen LogP contribution in [-0.2, 0) is 6.54 Å². The van der Waals surface area contributed by atoms with Gasteiger partial charge in [-0.1, -0.05) is 49.2 Å². The van der Waals surface area contributed by atoms with E-state index in [1.165, 1.54) is 25.7 Å². The van der Waals surface area contributed by atoms with Crippen molar-refractivity contribution in [1.29, 1.82) is 0 Å². The zero-order valence-electron chi connectivity index (χ0n) is 15.0. The molecule has 0 unspecified atom stereocenters. The number of nitrogens with one attached hydrogen (secondary N) is 1. The van der Waals surface area contributed by atoms with Crippen LogP contribution in [0.1, 0.15) is 31.2 Å². The number of pyridine rings is 1. The highest BCUT2D eigenvalue weighted by atomic mass is 16.1. The number of likely N-dealkylation sites (N-methyl/N-ethyl adjacent to an activating group) is 1. The van der Waals surface area contributed by atoms with Gasteiger partial charge in [-0.05, 0) is 31.5 Å². The van der Waals surface area contributed by atoms with Crippen LogP contribution in [0.4, 0.5) is 0 Å². The van der Waals surface area contributed by atoms with Crippen molar-refractivity contribution in [2.45, 2.75) is 37.8 Å². The largest absolute Gasteiger partial charge is 0.322 e. The summed E-state index contributed by atoms with van der Waals surface area (Å²) in [6.07, 6.45) is 5.15. The topological polar surface area (TPSA) is 39.3 Å². The molecule has 0 amide bonds. The van der Waals surface area contributed by atoms with Gasteiger partial charge in [0.1, 0.15) is 0 Å². The summed E-state index contributed by atoms with van der Waals surface area (Å²) in [5.41, 5.74) is 3.16. The predicted molar refractivity (Wildman–Crippen MR) is 102 cm³/mol. The minimum Gasteiger partial charge on any atom is -0.322 e. The molecule has 132 valence electrons. The highest BCUT2D eigenvalue weighted by molar-refractivity contribution is 5.58. The van der Waals surface area contributed by atoms with Crippen molar-refractivity contribution in [2.75, 3.05) is 26.7 Å². The molecule has 2 aromatic rings. The average Bonchev–Trinajstić information content (AvgIpc) is 3.08. The van der Waals surface area contributed by atoms with E-state index in [-0.39, 0.29) is 11.1 Å². The SMILES string of the molecule is CN1CCN(Cc2ccc(-c3ccccc3)[nH]c2=O)C2(CCCC2)C1. The van der Waals surface area contributed by atoms with E-state index < -0.39 is 0 Å². The maximum absolute atomic E-state index is 12.7. The summed E-state index contributed by atoms with van der Waals surface area (Å²) in [6, 6.07) is 14.1. The van der Waals surface area contributed by atoms with Crippen LogP contribution in [0.5, 0.6) is 0 Å². The molecular formula is C21H27N3O. The lowest BCUT2D eigenvalue weighted by molar-refractivity contribution is 0.00438. The van der Waals surface area contributed by atoms with Crippen molar-refractivity contribution >= 4 is 0 Å². The zero-order chi connectivity index (χ0) is 17.3. The Balaban J connectivity index is 1.57. The number of hydrogen-bond donors (Lipinski definition) is 1. The molecule has 1 saturated heterocycles. The number of H-pyrrole nitrogens is 1. The molecule has 4 heteroatoms. The van der Waals surface area contributed by atoms with E-state index in [2.05, 4.69) is 21.8 Å². The number of hydrogen-bond acceptors (Lipinski definition) is 3. The second kappa shape index (κ2) is 6.77. The maximum atomic E-state index is 12.7. The third-order valence-electron chi connectivity index (χ3n) is 5.96. The second-order valence-corrected chi connectivity index (χ2v) is 7.68. The molecule has 1 N–H and O–H groups in total. The summed E-state index contributed by atoms with van der Waals surface area (Å²) in [6.45, 7) is 4.03. The van der Waals surface area contributed by atoms with Gasteiger partial charge in [-0.2, -0.15) is 0 Å². The Labute approximate surface area is 149 Å². The lowest BCUT2D eigenvalue weighted by Crippen LogP contribution is -2.59. The molecule has 2 aliphatic rings. The highest BCUT2D eigenvalue weighted by Gasteiger charge is 2.42. The molecule has 1 spiro atoms. The molecule has 0 radical (unpaired) electrons. The molecule has 1 saturated carbocycles. The number of piperazine rings is 1. The van der Waals surface area contributed by atoms with Gasteiger partial charge in [0, 0.05) is 43.0 Å². The summed E-state index contributed by atoms with van der Waals surface area (Å²) < 4.78 is 0. The smallest absolute Gasteiger partial charge is 0.252 e. The fraction of sp³-hybridized carbons (Fsp3) is 0.476. The monoisotopic (exact) mass is 337 g/mol.